The van der Waals surface area contributed by atoms with Crippen LogP contribution in [-0.2, 0) is 6.54 Å². The molecule has 0 aliphatic carbocycles. The zero-order valence-electron chi connectivity index (χ0n) is 15.4. The number of tetrazole rings is 1. The van der Waals surface area contributed by atoms with Gasteiger partial charge in [0.2, 0.25) is 5.82 Å². The fourth-order valence-corrected chi connectivity index (χ4v) is 3.15. The van der Waals surface area contributed by atoms with E-state index in [9.17, 15) is 4.79 Å². The van der Waals surface area contributed by atoms with Crippen LogP contribution >= 0.6 is 0 Å². The first-order chi connectivity index (χ1) is 13.0. The molecule has 2 aromatic heterocycles. The van der Waals surface area contributed by atoms with Gasteiger partial charge in [0, 0.05) is 30.1 Å². The summed E-state index contributed by atoms with van der Waals surface area (Å²) < 4.78 is 5.86. The van der Waals surface area contributed by atoms with Gasteiger partial charge in [-0.1, -0.05) is 30.3 Å². The van der Waals surface area contributed by atoms with Crippen molar-refractivity contribution in [2.45, 2.75) is 20.4 Å². The number of nitrogens with zero attached hydrogens (tertiary/aromatic N) is 4. The van der Waals surface area contributed by atoms with Crippen molar-refractivity contribution in [1.82, 2.24) is 25.5 Å². The number of fused-ring (bicyclic) bond motifs is 1. The second-order valence-corrected chi connectivity index (χ2v) is 6.65. The summed E-state index contributed by atoms with van der Waals surface area (Å²) in [6, 6.07) is 13.7. The molecule has 0 bridgehead atoms. The molecular weight excluding hydrogens is 342 g/mol. The SMILES string of the molecule is Cc1ccc2c(C)c(C(=O)N(C)Cc3cccc(-c4nn[nH]n4)c3)oc2c1. The number of rotatable bonds is 4. The Hall–Kier alpha value is -3.48. The Morgan fingerprint density at radius 3 is 2.81 bits per heavy atom. The highest BCUT2D eigenvalue weighted by Crippen LogP contribution is 2.27. The molecule has 7 nitrogen and oxygen atoms in total. The number of carbonyl (C=O) groups is 1. The predicted molar refractivity (Wildman–Crippen MR) is 101 cm³/mol. The van der Waals surface area contributed by atoms with E-state index in [1.807, 2.05) is 56.3 Å². The Labute approximate surface area is 156 Å². The first-order valence-electron chi connectivity index (χ1n) is 8.61. The van der Waals surface area contributed by atoms with E-state index in [4.69, 9.17) is 4.42 Å². The molecular formula is C20H19N5O2. The molecule has 0 unspecified atom stereocenters. The number of benzene rings is 2. The van der Waals surface area contributed by atoms with Crippen molar-refractivity contribution in [1.29, 1.82) is 0 Å². The molecule has 2 heterocycles. The Kier molecular flexibility index (Phi) is 4.19. The summed E-state index contributed by atoms with van der Waals surface area (Å²) in [5, 5.41) is 15.0. The number of aromatic nitrogens is 4. The van der Waals surface area contributed by atoms with Crippen molar-refractivity contribution in [3.05, 3.63) is 64.9 Å². The maximum absolute atomic E-state index is 12.9. The van der Waals surface area contributed by atoms with Crippen molar-refractivity contribution < 1.29 is 9.21 Å². The van der Waals surface area contributed by atoms with Gasteiger partial charge >= 0.3 is 0 Å². The fourth-order valence-electron chi connectivity index (χ4n) is 3.15. The monoisotopic (exact) mass is 361 g/mol. The Morgan fingerprint density at radius 2 is 2.04 bits per heavy atom. The average Bonchev–Trinajstić information content (AvgIpc) is 3.30. The van der Waals surface area contributed by atoms with Gasteiger partial charge in [-0.3, -0.25) is 4.79 Å². The lowest BCUT2D eigenvalue weighted by Gasteiger charge is -2.16. The molecule has 4 rings (SSSR count). The third kappa shape index (κ3) is 3.19. The highest BCUT2D eigenvalue weighted by Gasteiger charge is 2.21. The van der Waals surface area contributed by atoms with E-state index in [1.54, 1.807) is 11.9 Å². The zero-order valence-corrected chi connectivity index (χ0v) is 15.4. The second-order valence-electron chi connectivity index (χ2n) is 6.65. The number of carbonyl (C=O) groups excluding carboxylic acids is 1. The lowest BCUT2D eigenvalue weighted by Crippen LogP contribution is -2.26. The van der Waals surface area contributed by atoms with Crippen molar-refractivity contribution in [3.8, 4) is 11.4 Å². The van der Waals surface area contributed by atoms with E-state index in [0.29, 0.717) is 18.1 Å². The van der Waals surface area contributed by atoms with E-state index in [-0.39, 0.29) is 5.91 Å². The van der Waals surface area contributed by atoms with Gasteiger partial charge in [-0.2, -0.15) is 5.21 Å². The van der Waals surface area contributed by atoms with Gasteiger partial charge in [0.05, 0.1) is 0 Å². The van der Waals surface area contributed by atoms with Gasteiger partial charge in [-0.15, -0.1) is 10.2 Å². The number of amides is 1. The Bertz CT molecular complexity index is 1110. The maximum Gasteiger partial charge on any atom is 0.289 e. The molecule has 0 saturated carbocycles. The predicted octanol–water partition coefficient (Wildman–Crippen LogP) is 3.50. The number of furan rings is 1. The number of hydrogen-bond acceptors (Lipinski definition) is 5. The summed E-state index contributed by atoms with van der Waals surface area (Å²) in [4.78, 5) is 14.6. The third-order valence-corrected chi connectivity index (χ3v) is 4.58. The Morgan fingerprint density at radius 1 is 1.19 bits per heavy atom. The van der Waals surface area contributed by atoms with Crippen LogP contribution < -0.4 is 0 Å². The van der Waals surface area contributed by atoms with Crippen molar-refractivity contribution in [2.24, 2.45) is 0 Å². The van der Waals surface area contributed by atoms with E-state index in [0.717, 1.165) is 33.2 Å². The number of aromatic amines is 1. The molecule has 1 amide bonds. The van der Waals surface area contributed by atoms with Gasteiger partial charge in [0.25, 0.3) is 5.91 Å². The fraction of sp³-hybridized carbons (Fsp3) is 0.200. The number of nitrogens with one attached hydrogen (secondary N) is 1. The van der Waals surface area contributed by atoms with E-state index >= 15 is 0 Å². The maximum atomic E-state index is 12.9. The summed E-state index contributed by atoms with van der Waals surface area (Å²) in [7, 11) is 1.77. The van der Waals surface area contributed by atoms with Crippen molar-refractivity contribution in [2.75, 3.05) is 7.05 Å². The van der Waals surface area contributed by atoms with Gasteiger partial charge in [0.15, 0.2) is 5.76 Å². The molecule has 4 aromatic rings. The Balaban J connectivity index is 1.58. The largest absolute Gasteiger partial charge is 0.451 e. The third-order valence-electron chi connectivity index (χ3n) is 4.58. The molecule has 2 aromatic carbocycles. The van der Waals surface area contributed by atoms with Gasteiger partial charge in [-0.05, 0) is 42.3 Å². The summed E-state index contributed by atoms with van der Waals surface area (Å²) in [6.07, 6.45) is 0. The van der Waals surface area contributed by atoms with Crippen molar-refractivity contribution in [3.63, 3.8) is 0 Å². The van der Waals surface area contributed by atoms with E-state index < -0.39 is 0 Å². The van der Waals surface area contributed by atoms with Gasteiger partial charge in [0.1, 0.15) is 5.58 Å². The zero-order chi connectivity index (χ0) is 19.0. The smallest absolute Gasteiger partial charge is 0.289 e. The van der Waals surface area contributed by atoms with Crippen LogP contribution in [0.2, 0.25) is 0 Å². The van der Waals surface area contributed by atoms with Crippen LogP contribution in [0.5, 0.6) is 0 Å². The highest BCUT2D eigenvalue weighted by atomic mass is 16.3. The number of aryl methyl sites for hydroxylation is 2. The number of H-pyrrole nitrogens is 1. The van der Waals surface area contributed by atoms with E-state index in [1.165, 1.54) is 0 Å². The van der Waals surface area contributed by atoms with Crippen LogP contribution in [0.4, 0.5) is 0 Å². The van der Waals surface area contributed by atoms with Gasteiger partial charge < -0.3 is 9.32 Å². The molecule has 136 valence electrons. The summed E-state index contributed by atoms with van der Waals surface area (Å²) in [5.74, 6) is 0.757. The minimum Gasteiger partial charge on any atom is -0.451 e. The average molecular weight is 361 g/mol. The summed E-state index contributed by atoms with van der Waals surface area (Å²) in [6.45, 7) is 4.36. The summed E-state index contributed by atoms with van der Waals surface area (Å²) in [5.41, 5.74) is 4.52. The van der Waals surface area contributed by atoms with Crippen LogP contribution in [0.15, 0.2) is 46.9 Å². The quantitative estimate of drug-likeness (QED) is 0.601. The van der Waals surface area contributed by atoms with E-state index in [2.05, 4.69) is 20.6 Å². The minimum atomic E-state index is -0.147. The second kappa shape index (κ2) is 6.68. The molecule has 0 aliphatic heterocycles. The van der Waals surface area contributed by atoms with Gasteiger partial charge in [-0.25, -0.2) is 0 Å². The van der Waals surface area contributed by atoms with Crippen LogP contribution in [-0.4, -0.2) is 38.5 Å². The first-order valence-corrected chi connectivity index (χ1v) is 8.61. The molecule has 0 radical (unpaired) electrons. The van der Waals surface area contributed by atoms with Crippen LogP contribution in [0.3, 0.4) is 0 Å². The first kappa shape index (κ1) is 17.0. The van der Waals surface area contributed by atoms with Crippen LogP contribution in [0.25, 0.3) is 22.4 Å². The molecule has 0 atom stereocenters. The molecule has 7 heteroatoms. The normalized spacial score (nSPS) is 11.1. The van der Waals surface area contributed by atoms with Crippen LogP contribution in [0.1, 0.15) is 27.2 Å². The lowest BCUT2D eigenvalue weighted by atomic mass is 10.1. The lowest BCUT2D eigenvalue weighted by molar-refractivity contribution is 0.0755. The molecule has 1 N–H and O–H groups in total. The molecule has 0 spiro atoms. The molecule has 0 saturated heterocycles. The van der Waals surface area contributed by atoms with Crippen LogP contribution in [0, 0.1) is 13.8 Å². The molecule has 0 fully saturated rings. The minimum absolute atomic E-state index is 0.147. The topological polar surface area (TPSA) is 87.9 Å². The summed E-state index contributed by atoms with van der Waals surface area (Å²) >= 11 is 0. The highest BCUT2D eigenvalue weighted by molar-refractivity contribution is 5.98. The molecule has 0 aliphatic rings. The standard InChI is InChI=1S/C20H19N5O2/c1-12-7-8-16-13(2)18(27-17(16)9-12)20(26)25(3)11-14-5-4-6-15(10-14)19-21-23-24-22-19/h4-10H,11H2,1-3H3,(H,21,22,23,24). The molecule has 27 heavy (non-hydrogen) atoms. The van der Waals surface area contributed by atoms with Crippen molar-refractivity contribution >= 4 is 16.9 Å². The number of hydrogen-bond donors (Lipinski definition) is 1.